The van der Waals surface area contributed by atoms with E-state index in [9.17, 15) is 4.79 Å². The van der Waals surface area contributed by atoms with Crippen LogP contribution in [0, 0.1) is 11.8 Å². The SMILES string of the molecule is CC1CCN(c2cccc(C(=O)O)c2)CC1C. The molecule has 0 amide bonds. The Morgan fingerprint density at radius 1 is 1.35 bits per heavy atom. The van der Waals surface area contributed by atoms with E-state index in [1.807, 2.05) is 12.1 Å². The summed E-state index contributed by atoms with van der Waals surface area (Å²) in [5.41, 5.74) is 1.40. The quantitative estimate of drug-likeness (QED) is 0.854. The van der Waals surface area contributed by atoms with Crippen LogP contribution in [0.4, 0.5) is 5.69 Å². The van der Waals surface area contributed by atoms with Crippen molar-refractivity contribution in [1.82, 2.24) is 0 Å². The van der Waals surface area contributed by atoms with Crippen LogP contribution in [-0.4, -0.2) is 24.2 Å². The summed E-state index contributed by atoms with van der Waals surface area (Å²) in [5.74, 6) is 0.566. The van der Waals surface area contributed by atoms with E-state index in [2.05, 4.69) is 18.7 Å². The maximum absolute atomic E-state index is 10.9. The highest BCUT2D eigenvalue weighted by Gasteiger charge is 2.23. The molecule has 0 aromatic heterocycles. The van der Waals surface area contributed by atoms with Gasteiger partial charge >= 0.3 is 5.97 Å². The molecular formula is C14H19NO2. The van der Waals surface area contributed by atoms with Crippen LogP contribution in [0.5, 0.6) is 0 Å². The molecule has 2 rings (SSSR count). The number of rotatable bonds is 2. The highest BCUT2D eigenvalue weighted by Crippen LogP contribution is 2.27. The Morgan fingerprint density at radius 2 is 2.12 bits per heavy atom. The number of carboxylic acids is 1. The summed E-state index contributed by atoms with van der Waals surface area (Å²) in [6, 6.07) is 7.23. The second-order valence-corrected chi connectivity index (χ2v) is 5.04. The standard InChI is InChI=1S/C14H19NO2/c1-10-6-7-15(9-11(10)2)13-5-3-4-12(8-13)14(16)17/h3-5,8,10-11H,6-7,9H2,1-2H3,(H,16,17). The first-order valence-corrected chi connectivity index (χ1v) is 6.16. The fraction of sp³-hybridized carbons (Fsp3) is 0.500. The van der Waals surface area contributed by atoms with Gasteiger partial charge in [0.05, 0.1) is 5.56 Å². The predicted octanol–water partition coefficient (Wildman–Crippen LogP) is 2.87. The number of anilines is 1. The molecular weight excluding hydrogens is 214 g/mol. The lowest BCUT2D eigenvalue weighted by atomic mass is 9.88. The molecule has 0 saturated carbocycles. The van der Waals surface area contributed by atoms with E-state index in [-0.39, 0.29) is 0 Å². The summed E-state index contributed by atoms with van der Waals surface area (Å²) in [5, 5.41) is 8.98. The maximum Gasteiger partial charge on any atom is 0.335 e. The first-order chi connectivity index (χ1) is 8.08. The van der Waals surface area contributed by atoms with Gasteiger partial charge in [0.25, 0.3) is 0 Å². The predicted molar refractivity (Wildman–Crippen MR) is 68.6 cm³/mol. The molecule has 0 spiro atoms. The fourth-order valence-electron chi connectivity index (χ4n) is 2.33. The molecule has 0 bridgehead atoms. The molecule has 3 heteroatoms. The van der Waals surface area contributed by atoms with Gasteiger partial charge in [-0.05, 0) is 36.5 Å². The summed E-state index contributed by atoms with van der Waals surface area (Å²) in [7, 11) is 0. The third-order valence-electron chi connectivity index (χ3n) is 3.79. The minimum Gasteiger partial charge on any atom is -0.478 e. The Morgan fingerprint density at radius 3 is 2.76 bits per heavy atom. The zero-order chi connectivity index (χ0) is 12.4. The van der Waals surface area contributed by atoms with Crippen molar-refractivity contribution in [1.29, 1.82) is 0 Å². The Labute approximate surface area is 102 Å². The van der Waals surface area contributed by atoms with Crippen molar-refractivity contribution >= 4 is 11.7 Å². The second-order valence-electron chi connectivity index (χ2n) is 5.04. The van der Waals surface area contributed by atoms with Crippen LogP contribution in [0.15, 0.2) is 24.3 Å². The topological polar surface area (TPSA) is 40.5 Å². The largest absolute Gasteiger partial charge is 0.478 e. The lowest BCUT2D eigenvalue weighted by Crippen LogP contribution is -2.38. The van der Waals surface area contributed by atoms with Crippen LogP contribution < -0.4 is 4.90 Å². The second kappa shape index (κ2) is 4.78. The average molecular weight is 233 g/mol. The van der Waals surface area contributed by atoms with Gasteiger partial charge in [0.15, 0.2) is 0 Å². The summed E-state index contributed by atoms with van der Waals surface area (Å²) >= 11 is 0. The number of piperidine rings is 1. The van der Waals surface area contributed by atoms with E-state index in [0.717, 1.165) is 24.7 Å². The smallest absolute Gasteiger partial charge is 0.335 e. The monoisotopic (exact) mass is 233 g/mol. The van der Waals surface area contributed by atoms with Crippen molar-refractivity contribution in [3.05, 3.63) is 29.8 Å². The van der Waals surface area contributed by atoms with Crippen LogP contribution in [-0.2, 0) is 0 Å². The molecule has 1 aliphatic heterocycles. The van der Waals surface area contributed by atoms with Crippen molar-refractivity contribution in [2.45, 2.75) is 20.3 Å². The van der Waals surface area contributed by atoms with Crippen LogP contribution in [0.3, 0.4) is 0 Å². The molecule has 1 aromatic carbocycles. The van der Waals surface area contributed by atoms with Gasteiger partial charge < -0.3 is 10.0 Å². The zero-order valence-corrected chi connectivity index (χ0v) is 10.4. The first-order valence-electron chi connectivity index (χ1n) is 6.16. The lowest BCUT2D eigenvalue weighted by molar-refractivity contribution is 0.0697. The molecule has 1 aliphatic rings. The Bertz CT molecular complexity index is 416. The molecule has 1 saturated heterocycles. The van der Waals surface area contributed by atoms with E-state index in [4.69, 9.17) is 5.11 Å². The zero-order valence-electron chi connectivity index (χ0n) is 10.4. The van der Waals surface area contributed by atoms with E-state index in [1.54, 1.807) is 12.1 Å². The van der Waals surface area contributed by atoms with Gasteiger partial charge in [-0.3, -0.25) is 0 Å². The van der Waals surface area contributed by atoms with Crippen LogP contribution in [0.25, 0.3) is 0 Å². The number of nitrogens with zero attached hydrogens (tertiary/aromatic N) is 1. The van der Waals surface area contributed by atoms with Gasteiger partial charge in [0.2, 0.25) is 0 Å². The Hall–Kier alpha value is -1.51. The van der Waals surface area contributed by atoms with Gasteiger partial charge in [-0.1, -0.05) is 19.9 Å². The fourth-order valence-corrected chi connectivity index (χ4v) is 2.33. The molecule has 1 fully saturated rings. The summed E-state index contributed by atoms with van der Waals surface area (Å²) < 4.78 is 0. The van der Waals surface area contributed by atoms with E-state index >= 15 is 0 Å². The summed E-state index contributed by atoms with van der Waals surface area (Å²) in [4.78, 5) is 13.2. The molecule has 1 aromatic rings. The van der Waals surface area contributed by atoms with Gasteiger partial charge in [-0.15, -0.1) is 0 Å². The minimum absolute atomic E-state index is 0.369. The highest BCUT2D eigenvalue weighted by molar-refractivity contribution is 5.88. The maximum atomic E-state index is 10.9. The average Bonchev–Trinajstić information content (AvgIpc) is 2.33. The number of hydrogen-bond acceptors (Lipinski definition) is 2. The molecule has 1 heterocycles. The molecule has 3 nitrogen and oxygen atoms in total. The van der Waals surface area contributed by atoms with Crippen LogP contribution >= 0.6 is 0 Å². The minimum atomic E-state index is -0.856. The normalized spacial score (nSPS) is 24.7. The van der Waals surface area contributed by atoms with E-state index in [1.165, 1.54) is 6.42 Å². The molecule has 1 N–H and O–H groups in total. The number of benzene rings is 1. The van der Waals surface area contributed by atoms with Gasteiger partial charge in [-0.2, -0.15) is 0 Å². The van der Waals surface area contributed by atoms with Crippen molar-refractivity contribution in [2.24, 2.45) is 11.8 Å². The van der Waals surface area contributed by atoms with Gasteiger partial charge in [0, 0.05) is 18.8 Å². The number of carbonyl (C=O) groups is 1. The third-order valence-corrected chi connectivity index (χ3v) is 3.79. The number of aromatic carboxylic acids is 1. The van der Waals surface area contributed by atoms with Crippen LogP contribution in [0.1, 0.15) is 30.6 Å². The molecule has 92 valence electrons. The first kappa shape index (κ1) is 12.0. The van der Waals surface area contributed by atoms with Crippen molar-refractivity contribution in [3.8, 4) is 0 Å². The van der Waals surface area contributed by atoms with Crippen molar-refractivity contribution in [3.63, 3.8) is 0 Å². The molecule has 2 unspecified atom stereocenters. The van der Waals surface area contributed by atoms with E-state index in [0.29, 0.717) is 11.5 Å². The van der Waals surface area contributed by atoms with Gasteiger partial charge in [0.1, 0.15) is 0 Å². The Kier molecular flexibility index (Phi) is 3.36. The van der Waals surface area contributed by atoms with Gasteiger partial charge in [-0.25, -0.2) is 4.79 Å². The summed E-state index contributed by atoms with van der Waals surface area (Å²) in [6.45, 7) is 6.59. The Balaban J connectivity index is 2.17. The van der Waals surface area contributed by atoms with Crippen molar-refractivity contribution in [2.75, 3.05) is 18.0 Å². The van der Waals surface area contributed by atoms with Crippen molar-refractivity contribution < 1.29 is 9.90 Å². The third kappa shape index (κ3) is 2.60. The van der Waals surface area contributed by atoms with Crippen LogP contribution in [0.2, 0.25) is 0 Å². The molecule has 0 aliphatic carbocycles. The number of carboxylic acid groups (broad SMARTS) is 1. The molecule has 17 heavy (non-hydrogen) atoms. The molecule has 0 radical (unpaired) electrons. The van der Waals surface area contributed by atoms with E-state index < -0.39 is 5.97 Å². The lowest BCUT2D eigenvalue weighted by Gasteiger charge is -2.36. The number of hydrogen-bond donors (Lipinski definition) is 1. The summed E-state index contributed by atoms with van der Waals surface area (Å²) in [6.07, 6.45) is 1.18. The molecule has 2 atom stereocenters. The highest BCUT2D eigenvalue weighted by atomic mass is 16.4.